The zero-order valence-electron chi connectivity index (χ0n) is 21.2. The van der Waals surface area contributed by atoms with Crippen LogP contribution in [0.25, 0.3) is 0 Å². The first-order valence-corrected chi connectivity index (χ1v) is 13.6. The van der Waals surface area contributed by atoms with Crippen LogP contribution in [0.5, 0.6) is 23.0 Å². The van der Waals surface area contributed by atoms with Crippen molar-refractivity contribution in [1.29, 1.82) is 0 Å². The zero-order chi connectivity index (χ0) is 24.6. The Morgan fingerprint density at radius 3 is 1.64 bits per heavy atom. The highest BCUT2D eigenvalue weighted by atomic mass is 31.1. The van der Waals surface area contributed by atoms with E-state index in [9.17, 15) is 9.36 Å². The van der Waals surface area contributed by atoms with E-state index in [1.54, 1.807) is 13.0 Å². The summed E-state index contributed by atoms with van der Waals surface area (Å²) in [6.07, 6.45) is 7.25. The Kier molecular flexibility index (Phi) is 14.5. The molecule has 6 nitrogen and oxygen atoms in total. The van der Waals surface area contributed by atoms with Crippen molar-refractivity contribution >= 4 is 18.6 Å². The maximum atomic E-state index is 13.3. The molecule has 0 saturated heterocycles. The van der Waals surface area contributed by atoms with Crippen LogP contribution in [-0.4, -0.2) is 32.0 Å². The van der Waals surface area contributed by atoms with Crippen LogP contribution in [0.4, 0.5) is 0 Å². The van der Waals surface area contributed by atoms with Crippen molar-refractivity contribution in [3.63, 3.8) is 0 Å². The monoisotopic (exact) mass is 481 g/mol. The van der Waals surface area contributed by atoms with E-state index >= 15 is 0 Å². The molecule has 0 bridgehead atoms. The van der Waals surface area contributed by atoms with Gasteiger partial charge in [-0.25, -0.2) is 4.79 Å². The molecular formula is C26H42O6P+. The topological polar surface area (TPSA) is 71.1 Å². The first-order chi connectivity index (χ1) is 15.9. The highest BCUT2D eigenvalue weighted by molar-refractivity contribution is 7.71. The van der Waals surface area contributed by atoms with Gasteiger partial charge in [0.15, 0.2) is 5.75 Å². The Hall–Kier alpha value is -2.07. The zero-order valence-corrected chi connectivity index (χ0v) is 22.1. The molecular weight excluding hydrogens is 439 g/mol. The largest absolute Gasteiger partial charge is 0.489 e. The number of benzene rings is 1. The standard InChI is InChI=1S/C26H42O6P/c1-7-11-15-29-21-19-22(33(28)26(27)20(5)6)24(31-17-13-9-3)25(32-18-14-10-4)23(21)30-16-12-8-2/h19H,5,7-18H2,1-4,6H3/q+1. The third kappa shape index (κ3) is 9.37. The van der Waals surface area contributed by atoms with Gasteiger partial charge in [0.1, 0.15) is 0 Å². The summed E-state index contributed by atoms with van der Waals surface area (Å²) in [7, 11) is -2.44. The molecule has 0 heterocycles. The Balaban J connectivity index is 3.66. The van der Waals surface area contributed by atoms with Crippen molar-refractivity contribution in [3.8, 4) is 23.0 Å². The number of carbonyl (C=O) groups is 1. The lowest BCUT2D eigenvalue weighted by Crippen LogP contribution is -2.16. The van der Waals surface area contributed by atoms with E-state index in [2.05, 4.69) is 34.3 Å². The van der Waals surface area contributed by atoms with Gasteiger partial charge < -0.3 is 18.9 Å². The van der Waals surface area contributed by atoms with Crippen molar-refractivity contribution in [2.24, 2.45) is 0 Å². The molecule has 0 aliphatic rings. The Morgan fingerprint density at radius 2 is 1.18 bits per heavy atom. The third-order valence-electron chi connectivity index (χ3n) is 4.89. The average Bonchev–Trinajstić information content (AvgIpc) is 2.80. The molecule has 0 aromatic heterocycles. The molecule has 7 heteroatoms. The van der Waals surface area contributed by atoms with Crippen LogP contribution in [-0.2, 0) is 9.36 Å². The first-order valence-electron chi connectivity index (χ1n) is 12.3. The molecule has 1 aromatic rings. The van der Waals surface area contributed by atoms with E-state index in [1.165, 1.54) is 0 Å². The molecule has 0 N–H and O–H groups in total. The number of carbonyl (C=O) groups excluding carboxylic acids is 1. The maximum Gasteiger partial charge on any atom is 0.462 e. The van der Waals surface area contributed by atoms with Gasteiger partial charge in [0.05, 0.1) is 26.4 Å². The summed E-state index contributed by atoms with van der Waals surface area (Å²) in [5, 5.41) is 0.273. The van der Waals surface area contributed by atoms with E-state index in [4.69, 9.17) is 18.9 Å². The molecule has 0 fully saturated rings. The maximum absolute atomic E-state index is 13.3. The van der Waals surface area contributed by atoms with E-state index in [1.807, 2.05) is 0 Å². The smallest absolute Gasteiger partial charge is 0.462 e. The lowest BCUT2D eigenvalue weighted by atomic mass is 10.2. The highest BCUT2D eigenvalue weighted by Crippen LogP contribution is 2.47. The third-order valence-corrected chi connectivity index (χ3v) is 6.41. The number of ether oxygens (including phenoxy) is 4. The minimum Gasteiger partial charge on any atom is -0.489 e. The summed E-state index contributed by atoms with van der Waals surface area (Å²) >= 11 is 0. The van der Waals surface area contributed by atoms with Gasteiger partial charge >= 0.3 is 13.3 Å². The summed E-state index contributed by atoms with van der Waals surface area (Å²) in [6, 6.07) is 1.63. The molecule has 1 atom stereocenters. The van der Waals surface area contributed by atoms with E-state index < -0.39 is 13.3 Å². The fraction of sp³-hybridized carbons (Fsp3) is 0.654. The normalized spacial score (nSPS) is 11.1. The number of rotatable bonds is 19. The number of hydrogen-bond donors (Lipinski definition) is 0. The lowest BCUT2D eigenvalue weighted by Gasteiger charge is -2.20. The molecule has 1 unspecified atom stereocenters. The number of unbranched alkanes of at least 4 members (excludes halogenated alkanes) is 4. The lowest BCUT2D eigenvalue weighted by molar-refractivity contribution is -0.108. The van der Waals surface area contributed by atoms with Crippen molar-refractivity contribution in [2.75, 3.05) is 26.4 Å². The van der Waals surface area contributed by atoms with E-state index in [0.29, 0.717) is 49.4 Å². The van der Waals surface area contributed by atoms with Crippen molar-refractivity contribution < 1.29 is 28.3 Å². The highest BCUT2D eigenvalue weighted by Gasteiger charge is 2.40. The van der Waals surface area contributed by atoms with Crippen molar-refractivity contribution in [2.45, 2.75) is 86.0 Å². The minimum absolute atomic E-state index is 0.237. The fourth-order valence-electron chi connectivity index (χ4n) is 2.82. The van der Waals surface area contributed by atoms with Crippen LogP contribution in [0, 0.1) is 0 Å². The Morgan fingerprint density at radius 1 is 0.758 bits per heavy atom. The van der Waals surface area contributed by atoms with Gasteiger partial charge in [-0.1, -0.05) is 64.5 Å². The summed E-state index contributed by atoms with van der Waals surface area (Å²) in [4.78, 5) is 12.6. The number of allylic oxidation sites excluding steroid dienone is 1. The molecule has 1 aromatic carbocycles. The second-order valence-corrected chi connectivity index (χ2v) is 9.55. The summed E-state index contributed by atoms with van der Waals surface area (Å²) in [5.74, 6) is 1.57. The fourth-order valence-corrected chi connectivity index (χ4v) is 3.97. The second kappa shape index (κ2) is 16.5. The van der Waals surface area contributed by atoms with Crippen molar-refractivity contribution in [3.05, 3.63) is 18.2 Å². The Labute approximate surface area is 200 Å². The molecule has 0 saturated carbocycles. The molecule has 186 valence electrons. The molecule has 33 heavy (non-hydrogen) atoms. The minimum atomic E-state index is -2.44. The summed E-state index contributed by atoms with van der Waals surface area (Å²) in [5.41, 5.74) is -0.273. The van der Waals surface area contributed by atoms with Crippen LogP contribution >= 0.6 is 7.80 Å². The van der Waals surface area contributed by atoms with Gasteiger partial charge in [-0.3, -0.25) is 0 Å². The van der Waals surface area contributed by atoms with Gasteiger partial charge in [-0.15, -0.1) is 0 Å². The van der Waals surface area contributed by atoms with Crippen LogP contribution in [0.3, 0.4) is 0 Å². The Bertz CT molecular complexity index is 775. The summed E-state index contributed by atoms with van der Waals surface area (Å²) in [6.45, 7) is 15.4. The van der Waals surface area contributed by atoms with Crippen LogP contribution in [0.15, 0.2) is 18.2 Å². The van der Waals surface area contributed by atoms with E-state index in [-0.39, 0.29) is 10.9 Å². The van der Waals surface area contributed by atoms with Crippen LogP contribution in [0.2, 0.25) is 0 Å². The van der Waals surface area contributed by atoms with Crippen molar-refractivity contribution in [1.82, 2.24) is 0 Å². The SMILES string of the molecule is C=C(C)C(=O)[P+](=O)c1cc(OCCCC)c(OCCCC)c(OCCCC)c1OCCCC. The first kappa shape index (κ1) is 29.0. The molecule has 0 spiro atoms. The summed E-state index contributed by atoms with van der Waals surface area (Å²) < 4.78 is 37.7. The average molecular weight is 482 g/mol. The molecule has 0 aliphatic carbocycles. The van der Waals surface area contributed by atoms with Crippen LogP contribution < -0.4 is 24.3 Å². The van der Waals surface area contributed by atoms with Gasteiger partial charge in [-0.05, 0) is 32.6 Å². The quantitative estimate of drug-likeness (QED) is 0.121. The van der Waals surface area contributed by atoms with Gasteiger partial charge in [0, 0.05) is 11.6 Å². The molecule has 0 aliphatic heterocycles. The predicted octanol–water partition coefficient (Wildman–Crippen LogP) is 6.96. The predicted molar refractivity (Wildman–Crippen MR) is 135 cm³/mol. The molecule has 0 amide bonds. The molecule has 0 radical (unpaired) electrons. The number of hydrogen-bond acceptors (Lipinski definition) is 6. The van der Waals surface area contributed by atoms with Gasteiger partial charge in [0.25, 0.3) is 0 Å². The van der Waals surface area contributed by atoms with Crippen LogP contribution in [0.1, 0.15) is 86.0 Å². The van der Waals surface area contributed by atoms with E-state index in [0.717, 1.165) is 51.4 Å². The van der Waals surface area contributed by atoms with Gasteiger partial charge in [-0.2, -0.15) is 0 Å². The second-order valence-electron chi connectivity index (χ2n) is 8.07. The molecule has 1 rings (SSSR count). The van der Waals surface area contributed by atoms with Gasteiger partial charge in [0.2, 0.25) is 22.6 Å².